The molecule has 2 amide bonds. The van der Waals surface area contributed by atoms with E-state index in [4.69, 9.17) is 0 Å². The van der Waals surface area contributed by atoms with Crippen LogP contribution in [0.25, 0.3) is 0 Å². The average Bonchev–Trinajstić information content (AvgIpc) is 3.09. The maximum absolute atomic E-state index is 13.1. The molecule has 170 valence electrons. The lowest BCUT2D eigenvalue weighted by atomic mass is 9.95. The van der Waals surface area contributed by atoms with Crippen molar-refractivity contribution in [3.05, 3.63) is 64.1 Å². The van der Waals surface area contributed by atoms with Crippen LogP contribution in [0.2, 0.25) is 0 Å². The molecule has 2 aliphatic heterocycles. The van der Waals surface area contributed by atoms with Crippen molar-refractivity contribution < 1.29 is 9.59 Å². The van der Waals surface area contributed by atoms with Gasteiger partial charge in [0.15, 0.2) is 0 Å². The van der Waals surface area contributed by atoms with Gasteiger partial charge < -0.3 is 10.2 Å². The predicted molar refractivity (Wildman–Crippen MR) is 132 cm³/mol. The summed E-state index contributed by atoms with van der Waals surface area (Å²) in [4.78, 5) is 30.5. The quantitative estimate of drug-likeness (QED) is 0.608. The Bertz CT molecular complexity index is 932. The van der Waals surface area contributed by atoms with E-state index in [0.717, 1.165) is 62.9 Å². The molecule has 0 atom stereocenters. The number of nitrogens with one attached hydrogen (secondary N) is 1. The Hall–Kier alpha value is -2.18. The first-order chi connectivity index (χ1) is 15.6. The van der Waals surface area contributed by atoms with Gasteiger partial charge in [-0.2, -0.15) is 0 Å². The van der Waals surface area contributed by atoms with Gasteiger partial charge in [-0.05, 0) is 68.6 Å². The number of hydrogen-bond donors (Lipinski definition) is 1. The molecule has 0 aromatic heterocycles. The van der Waals surface area contributed by atoms with Crippen LogP contribution in [0.4, 0.5) is 5.69 Å². The Morgan fingerprint density at radius 1 is 0.906 bits per heavy atom. The molecule has 4 rings (SSSR count). The number of para-hydroxylation sites is 1. The zero-order valence-electron chi connectivity index (χ0n) is 18.6. The summed E-state index contributed by atoms with van der Waals surface area (Å²) in [5.41, 5.74) is 2.53. The monoisotopic (exact) mass is 497 g/mol. The van der Waals surface area contributed by atoms with Crippen molar-refractivity contribution in [1.82, 2.24) is 9.80 Å². The first-order valence-electron chi connectivity index (χ1n) is 11.8. The molecule has 2 aromatic carbocycles. The summed E-state index contributed by atoms with van der Waals surface area (Å²) >= 11 is 3.53. The summed E-state index contributed by atoms with van der Waals surface area (Å²) in [7, 11) is 0. The smallest absolute Gasteiger partial charge is 0.255 e. The third-order valence-electron chi connectivity index (χ3n) is 6.56. The number of likely N-dealkylation sites (tertiary alicyclic amines) is 2. The van der Waals surface area contributed by atoms with E-state index in [2.05, 4.69) is 44.3 Å². The first-order valence-corrected chi connectivity index (χ1v) is 12.6. The van der Waals surface area contributed by atoms with Crippen LogP contribution < -0.4 is 5.32 Å². The normalized spacial score (nSPS) is 18.2. The SMILES string of the molecule is O=C(Nc1ccccc1C(=O)N1CCCCCC1)C1CCN(Cc2cccc(Br)c2)CC1. The van der Waals surface area contributed by atoms with Crippen LogP contribution in [-0.4, -0.2) is 47.8 Å². The van der Waals surface area contributed by atoms with Crippen molar-refractivity contribution in [3.63, 3.8) is 0 Å². The zero-order chi connectivity index (χ0) is 22.3. The fourth-order valence-electron chi connectivity index (χ4n) is 4.70. The second-order valence-corrected chi connectivity index (χ2v) is 9.84. The molecular formula is C26H32BrN3O2. The maximum atomic E-state index is 13.1. The molecule has 0 bridgehead atoms. The van der Waals surface area contributed by atoms with Crippen molar-refractivity contribution in [2.24, 2.45) is 5.92 Å². The zero-order valence-corrected chi connectivity index (χ0v) is 20.1. The molecule has 2 aromatic rings. The highest BCUT2D eigenvalue weighted by molar-refractivity contribution is 9.10. The minimum absolute atomic E-state index is 0.0184. The van der Waals surface area contributed by atoms with Crippen molar-refractivity contribution in [2.75, 3.05) is 31.5 Å². The Kier molecular flexibility index (Phi) is 7.98. The minimum atomic E-state index is -0.0184. The summed E-state index contributed by atoms with van der Waals surface area (Å²) in [5.74, 6) is 0.0463. The summed E-state index contributed by atoms with van der Waals surface area (Å²) in [6.45, 7) is 4.31. The number of hydrogen-bond acceptors (Lipinski definition) is 3. The highest BCUT2D eigenvalue weighted by Crippen LogP contribution is 2.24. The number of piperidine rings is 1. The molecule has 0 unspecified atom stereocenters. The Labute approximate surface area is 199 Å². The fourth-order valence-corrected chi connectivity index (χ4v) is 5.15. The summed E-state index contributed by atoms with van der Waals surface area (Å²) in [6.07, 6.45) is 6.15. The summed E-state index contributed by atoms with van der Waals surface area (Å²) in [5, 5.41) is 3.08. The van der Waals surface area contributed by atoms with Crippen molar-refractivity contribution in [1.29, 1.82) is 0 Å². The lowest BCUT2D eigenvalue weighted by molar-refractivity contribution is -0.121. The van der Waals surface area contributed by atoms with Gasteiger partial charge in [-0.1, -0.05) is 53.0 Å². The standard InChI is InChI=1S/C26H32BrN3O2/c27-22-9-7-8-20(18-22)19-29-16-12-21(13-17-29)25(31)28-24-11-4-3-10-23(24)26(32)30-14-5-1-2-6-15-30/h3-4,7-11,18,21H,1-2,5-6,12-17,19H2,(H,28,31). The molecule has 1 N–H and O–H groups in total. The molecule has 2 saturated heterocycles. The van der Waals surface area contributed by atoms with Crippen LogP contribution in [0, 0.1) is 5.92 Å². The summed E-state index contributed by atoms with van der Waals surface area (Å²) < 4.78 is 1.10. The van der Waals surface area contributed by atoms with Gasteiger partial charge in [0.25, 0.3) is 5.91 Å². The molecule has 0 radical (unpaired) electrons. The number of rotatable bonds is 5. The largest absolute Gasteiger partial charge is 0.339 e. The van der Waals surface area contributed by atoms with Gasteiger partial charge >= 0.3 is 0 Å². The van der Waals surface area contributed by atoms with Gasteiger partial charge in [-0.15, -0.1) is 0 Å². The second-order valence-electron chi connectivity index (χ2n) is 8.92. The number of carbonyl (C=O) groups excluding carboxylic acids is 2. The topological polar surface area (TPSA) is 52.7 Å². The summed E-state index contributed by atoms with van der Waals surface area (Å²) in [6, 6.07) is 15.8. The van der Waals surface area contributed by atoms with E-state index in [1.807, 2.05) is 35.2 Å². The van der Waals surface area contributed by atoms with E-state index in [-0.39, 0.29) is 17.7 Å². The Morgan fingerprint density at radius 2 is 1.62 bits per heavy atom. The van der Waals surface area contributed by atoms with Gasteiger partial charge in [0, 0.05) is 30.0 Å². The minimum Gasteiger partial charge on any atom is -0.339 e. The van der Waals surface area contributed by atoms with Gasteiger partial charge in [0.05, 0.1) is 11.3 Å². The Morgan fingerprint density at radius 3 is 2.34 bits per heavy atom. The molecule has 2 aliphatic rings. The molecule has 2 fully saturated rings. The molecule has 5 nitrogen and oxygen atoms in total. The predicted octanol–water partition coefficient (Wildman–Crippen LogP) is 5.32. The lowest BCUT2D eigenvalue weighted by Crippen LogP contribution is -2.38. The Balaban J connectivity index is 1.34. The third kappa shape index (κ3) is 5.99. The molecule has 6 heteroatoms. The highest BCUT2D eigenvalue weighted by Gasteiger charge is 2.27. The van der Waals surface area contributed by atoms with Crippen molar-refractivity contribution >= 4 is 33.4 Å². The average molecular weight is 498 g/mol. The molecule has 2 heterocycles. The van der Waals surface area contributed by atoms with E-state index >= 15 is 0 Å². The third-order valence-corrected chi connectivity index (χ3v) is 7.06. The van der Waals surface area contributed by atoms with Crippen LogP contribution in [-0.2, 0) is 11.3 Å². The maximum Gasteiger partial charge on any atom is 0.255 e. The van der Waals surface area contributed by atoms with E-state index in [0.29, 0.717) is 11.3 Å². The first kappa shape index (κ1) is 23.0. The van der Waals surface area contributed by atoms with Gasteiger partial charge in [0.2, 0.25) is 5.91 Å². The second kappa shape index (κ2) is 11.1. The molecular weight excluding hydrogens is 466 g/mol. The fraction of sp³-hybridized carbons (Fsp3) is 0.462. The molecule has 32 heavy (non-hydrogen) atoms. The van der Waals surface area contributed by atoms with Crippen LogP contribution in [0.15, 0.2) is 53.0 Å². The highest BCUT2D eigenvalue weighted by atomic mass is 79.9. The number of amides is 2. The van der Waals surface area contributed by atoms with E-state index in [9.17, 15) is 9.59 Å². The van der Waals surface area contributed by atoms with E-state index in [1.54, 1.807) is 0 Å². The molecule has 0 spiro atoms. The van der Waals surface area contributed by atoms with Gasteiger partial charge in [-0.3, -0.25) is 14.5 Å². The number of nitrogens with zero attached hydrogens (tertiary/aromatic N) is 2. The number of carbonyl (C=O) groups is 2. The van der Waals surface area contributed by atoms with Crippen LogP contribution in [0.3, 0.4) is 0 Å². The van der Waals surface area contributed by atoms with Gasteiger partial charge in [0.1, 0.15) is 0 Å². The lowest BCUT2D eigenvalue weighted by Gasteiger charge is -2.31. The number of halogens is 1. The van der Waals surface area contributed by atoms with Crippen molar-refractivity contribution in [3.8, 4) is 0 Å². The molecule has 0 saturated carbocycles. The van der Waals surface area contributed by atoms with Gasteiger partial charge in [-0.25, -0.2) is 0 Å². The van der Waals surface area contributed by atoms with Crippen molar-refractivity contribution in [2.45, 2.75) is 45.1 Å². The van der Waals surface area contributed by atoms with E-state index in [1.165, 1.54) is 18.4 Å². The van der Waals surface area contributed by atoms with Crippen LogP contribution in [0.1, 0.15) is 54.4 Å². The molecule has 0 aliphatic carbocycles. The number of benzene rings is 2. The van der Waals surface area contributed by atoms with Crippen LogP contribution in [0.5, 0.6) is 0 Å². The van der Waals surface area contributed by atoms with E-state index < -0.39 is 0 Å². The van der Waals surface area contributed by atoms with Crippen LogP contribution >= 0.6 is 15.9 Å². The number of anilines is 1.